The Hall–Kier alpha value is -1.02. The molecule has 2 aromatic rings. The molecule has 0 saturated heterocycles. The Morgan fingerprint density at radius 3 is 2.61 bits per heavy atom. The standard InChI is InChI=1S/C15H21ClN2/c1-10(2)12(4)9-18-14(8-16)17-13-7-5-6-11(3)15(13)18/h5-7,10,12H,8-9H2,1-4H3. The predicted molar refractivity (Wildman–Crippen MR) is 78.0 cm³/mol. The molecule has 0 saturated carbocycles. The molecule has 0 radical (unpaired) electrons. The Morgan fingerprint density at radius 1 is 1.28 bits per heavy atom. The van der Waals surface area contributed by atoms with E-state index in [1.165, 1.54) is 11.1 Å². The van der Waals surface area contributed by atoms with Gasteiger partial charge in [-0.2, -0.15) is 0 Å². The number of alkyl halides is 1. The number of halogens is 1. The zero-order chi connectivity index (χ0) is 13.3. The molecule has 1 aromatic heterocycles. The Balaban J connectivity index is 2.52. The van der Waals surface area contributed by atoms with Crippen molar-refractivity contribution in [1.82, 2.24) is 9.55 Å². The van der Waals surface area contributed by atoms with Gasteiger partial charge in [-0.15, -0.1) is 11.6 Å². The molecule has 1 heterocycles. The smallest absolute Gasteiger partial charge is 0.124 e. The van der Waals surface area contributed by atoms with Gasteiger partial charge >= 0.3 is 0 Å². The fourth-order valence-corrected chi connectivity index (χ4v) is 2.41. The van der Waals surface area contributed by atoms with Gasteiger partial charge in [0.2, 0.25) is 0 Å². The van der Waals surface area contributed by atoms with Gasteiger partial charge < -0.3 is 4.57 Å². The van der Waals surface area contributed by atoms with Crippen molar-refractivity contribution in [3.63, 3.8) is 0 Å². The quantitative estimate of drug-likeness (QED) is 0.750. The minimum atomic E-state index is 0.471. The van der Waals surface area contributed by atoms with Crippen molar-refractivity contribution in [3.05, 3.63) is 29.6 Å². The molecule has 0 N–H and O–H groups in total. The lowest BCUT2D eigenvalue weighted by Crippen LogP contribution is -2.15. The summed E-state index contributed by atoms with van der Waals surface area (Å²) in [4.78, 5) is 4.64. The molecule has 2 rings (SSSR count). The molecule has 0 fully saturated rings. The van der Waals surface area contributed by atoms with Crippen LogP contribution in [-0.2, 0) is 12.4 Å². The van der Waals surface area contributed by atoms with Crippen LogP contribution in [0.2, 0.25) is 0 Å². The van der Waals surface area contributed by atoms with Crippen LogP contribution in [0.15, 0.2) is 18.2 Å². The van der Waals surface area contributed by atoms with E-state index in [1.54, 1.807) is 0 Å². The summed E-state index contributed by atoms with van der Waals surface area (Å²) >= 11 is 6.04. The minimum Gasteiger partial charge on any atom is -0.326 e. The summed E-state index contributed by atoms with van der Waals surface area (Å²) in [5.74, 6) is 2.73. The molecule has 0 aliphatic carbocycles. The topological polar surface area (TPSA) is 17.8 Å². The van der Waals surface area contributed by atoms with E-state index < -0.39 is 0 Å². The summed E-state index contributed by atoms with van der Waals surface area (Å²) in [6.07, 6.45) is 0. The van der Waals surface area contributed by atoms with Crippen LogP contribution in [0.25, 0.3) is 11.0 Å². The third-order valence-corrected chi connectivity index (χ3v) is 4.01. The number of aromatic nitrogens is 2. The first-order valence-corrected chi connectivity index (χ1v) is 7.08. The Labute approximate surface area is 114 Å². The number of benzene rings is 1. The van der Waals surface area contributed by atoms with Gasteiger partial charge in [0.05, 0.1) is 16.9 Å². The first-order chi connectivity index (χ1) is 8.54. The molecule has 1 aromatic carbocycles. The highest BCUT2D eigenvalue weighted by atomic mass is 35.5. The number of hydrogen-bond donors (Lipinski definition) is 0. The second-order valence-corrected chi connectivity index (χ2v) is 5.70. The third-order valence-electron chi connectivity index (χ3n) is 3.78. The van der Waals surface area contributed by atoms with Crippen LogP contribution in [0, 0.1) is 18.8 Å². The average Bonchev–Trinajstić information content (AvgIpc) is 2.68. The molecule has 2 nitrogen and oxygen atoms in total. The molecular formula is C15H21ClN2. The molecule has 1 atom stereocenters. The van der Waals surface area contributed by atoms with Gasteiger partial charge in [0.25, 0.3) is 0 Å². The molecule has 0 aliphatic heterocycles. The Kier molecular flexibility index (Phi) is 3.96. The van der Waals surface area contributed by atoms with Gasteiger partial charge in [-0.25, -0.2) is 4.98 Å². The van der Waals surface area contributed by atoms with E-state index in [2.05, 4.69) is 55.4 Å². The summed E-state index contributed by atoms with van der Waals surface area (Å²) in [7, 11) is 0. The molecule has 0 bridgehead atoms. The van der Waals surface area contributed by atoms with Crippen molar-refractivity contribution in [2.75, 3.05) is 0 Å². The second-order valence-electron chi connectivity index (χ2n) is 5.44. The second kappa shape index (κ2) is 5.31. The fourth-order valence-electron chi connectivity index (χ4n) is 2.21. The number of aryl methyl sites for hydroxylation is 1. The summed E-state index contributed by atoms with van der Waals surface area (Å²) in [5, 5.41) is 0. The summed E-state index contributed by atoms with van der Waals surface area (Å²) in [6, 6.07) is 6.26. The fraction of sp³-hybridized carbons (Fsp3) is 0.533. The zero-order valence-corrected chi connectivity index (χ0v) is 12.3. The third kappa shape index (κ3) is 2.39. The first-order valence-electron chi connectivity index (χ1n) is 6.55. The van der Waals surface area contributed by atoms with E-state index in [4.69, 9.17) is 11.6 Å². The maximum Gasteiger partial charge on any atom is 0.124 e. The van der Waals surface area contributed by atoms with Gasteiger partial charge in [0.15, 0.2) is 0 Å². The van der Waals surface area contributed by atoms with E-state index in [0.29, 0.717) is 17.7 Å². The van der Waals surface area contributed by atoms with E-state index in [9.17, 15) is 0 Å². The molecule has 98 valence electrons. The van der Waals surface area contributed by atoms with Crippen LogP contribution in [0.3, 0.4) is 0 Å². The minimum absolute atomic E-state index is 0.471. The van der Waals surface area contributed by atoms with Crippen molar-refractivity contribution in [2.45, 2.75) is 40.1 Å². The van der Waals surface area contributed by atoms with Crippen LogP contribution < -0.4 is 0 Å². The Morgan fingerprint density at radius 2 is 2.00 bits per heavy atom. The van der Waals surface area contributed by atoms with Crippen molar-refractivity contribution < 1.29 is 0 Å². The predicted octanol–water partition coefficient (Wildman–Crippen LogP) is 4.38. The van der Waals surface area contributed by atoms with Gasteiger partial charge in [0.1, 0.15) is 5.82 Å². The molecule has 1 unspecified atom stereocenters. The first kappa shape index (κ1) is 13.4. The lowest BCUT2D eigenvalue weighted by atomic mass is 9.98. The van der Waals surface area contributed by atoms with Crippen LogP contribution in [-0.4, -0.2) is 9.55 Å². The van der Waals surface area contributed by atoms with E-state index in [-0.39, 0.29) is 0 Å². The molecule has 18 heavy (non-hydrogen) atoms. The lowest BCUT2D eigenvalue weighted by Gasteiger charge is -2.18. The summed E-state index contributed by atoms with van der Waals surface area (Å²) in [6.45, 7) is 9.93. The SMILES string of the molecule is Cc1cccc2nc(CCl)n(CC(C)C(C)C)c12. The van der Waals surface area contributed by atoms with E-state index in [1.807, 2.05) is 0 Å². The number of para-hydroxylation sites is 1. The number of hydrogen-bond acceptors (Lipinski definition) is 1. The monoisotopic (exact) mass is 264 g/mol. The summed E-state index contributed by atoms with van der Waals surface area (Å²) < 4.78 is 2.29. The van der Waals surface area contributed by atoms with E-state index in [0.717, 1.165) is 17.9 Å². The lowest BCUT2D eigenvalue weighted by molar-refractivity contribution is 0.365. The van der Waals surface area contributed by atoms with Gasteiger partial charge in [0, 0.05) is 6.54 Å². The highest BCUT2D eigenvalue weighted by Crippen LogP contribution is 2.24. The van der Waals surface area contributed by atoms with Crippen LogP contribution >= 0.6 is 11.6 Å². The maximum atomic E-state index is 6.04. The molecule has 0 spiro atoms. The average molecular weight is 265 g/mol. The van der Waals surface area contributed by atoms with Crippen LogP contribution in [0.5, 0.6) is 0 Å². The van der Waals surface area contributed by atoms with Crippen molar-refractivity contribution in [1.29, 1.82) is 0 Å². The highest BCUT2D eigenvalue weighted by molar-refractivity contribution is 6.16. The summed E-state index contributed by atoms with van der Waals surface area (Å²) in [5.41, 5.74) is 3.56. The van der Waals surface area contributed by atoms with Crippen LogP contribution in [0.1, 0.15) is 32.2 Å². The Bertz CT molecular complexity index is 543. The largest absolute Gasteiger partial charge is 0.326 e. The number of nitrogens with zero attached hydrogens (tertiary/aromatic N) is 2. The number of fused-ring (bicyclic) bond motifs is 1. The zero-order valence-electron chi connectivity index (χ0n) is 11.6. The normalized spacial score (nSPS) is 13.4. The molecule has 0 amide bonds. The number of imidazole rings is 1. The van der Waals surface area contributed by atoms with Crippen molar-refractivity contribution >= 4 is 22.6 Å². The molecule has 3 heteroatoms. The van der Waals surface area contributed by atoms with Crippen LogP contribution in [0.4, 0.5) is 0 Å². The number of rotatable bonds is 4. The highest BCUT2D eigenvalue weighted by Gasteiger charge is 2.15. The van der Waals surface area contributed by atoms with E-state index >= 15 is 0 Å². The van der Waals surface area contributed by atoms with Crippen molar-refractivity contribution in [2.24, 2.45) is 11.8 Å². The van der Waals surface area contributed by atoms with Gasteiger partial charge in [-0.1, -0.05) is 32.9 Å². The van der Waals surface area contributed by atoms with Gasteiger partial charge in [-0.3, -0.25) is 0 Å². The maximum absolute atomic E-state index is 6.04. The van der Waals surface area contributed by atoms with Gasteiger partial charge in [-0.05, 0) is 30.4 Å². The molecular weight excluding hydrogens is 244 g/mol. The molecule has 0 aliphatic rings. The van der Waals surface area contributed by atoms with Crippen molar-refractivity contribution in [3.8, 4) is 0 Å².